The third-order valence-electron chi connectivity index (χ3n) is 2.74. The molecular weight excluding hydrogens is 256 g/mol. The van der Waals surface area contributed by atoms with Crippen LogP contribution in [-0.4, -0.2) is 22.6 Å². The zero-order chi connectivity index (χ0) is 14.5. The smallest absolute Gasteiger partial charge is 0.293 e. The fourth-order valence-corrected chi connectivity index (χ4v) is 1.72. The van der Waals surface area contributed by atoms with Crippen LogP contribution in [0.1, 0.15) is 27.4 Å². The van der Waals surface area contributed by atoms with Gasteiger partial charge in [-0.1, -0.05) is 11.8 Å². The van der Waals surface area contributed by atoms with E-state index in [0.717, 1.165) is 11.1 Å². The van der Waals surface area contributed by atoms with Crippen LogP contribution < -0.4 is 5.32 Å². The minimum atomic E-state index is -0.336. The molecule has 1 aromatic heterocycles. The van der Waals surface area contributed by atoms with Gasteiger partial charge in [0.25, 0.3) is 5.91 Å². The summed E-state index contributed by atoms with van der Waals surface area (Å²) in [6.07, 6.45) is 1.24. The minimum absolute atomic E-state index is 0.178. The van der Waals surface area contributed by atoms with E-state index in [0.29, 0.717) is 11.4 Å². The number of carbonyl (C=O) groups excluding carboxylic acids is 1. The van der Waals surface area contributed by atoms with Gasteiger partial charge < -0.3 is 14.8 Å². The van der Waals surface area contributed by atoms with Crippen molar-refractivity contribution in [3.05, 3.63) is 47.2 Å². The van der Waals surface area contributed by atoms with E-state index in [1.54, 1.807) is 19.1 Å². The predicted molar refractivity (Wildman–Crippen MR) is 74.3 cm³/mol. The maximum Gasteiger partial charge on any atom is 0.293 e. The number of amides is 1. The molecule has 102 valence electrons. The minimum Gasteiger partial charge on any atom is -0.438 e. The summed E-state index contributed by atoms with van der Waals surface area (Å²) >= 11 is 0. The summed E-state index contributed by atoms with van der Waals surface area (Å²) in [5, 5.41) is 11.4. The highest BCUT2D eigenvalue weighted by molar-refractivity contribution is 6.03. The zero-order valence-corrected chi connectivity index (χ0v) is 11.2. The molecule has 5 nitrogen and oxygen atoms in total. The lowest BCUT2D eigenvalue weighted by atomic mass is 10.1. The quantitative estimate of drug-likeness (QED) is 0.817. The van der Waals surface area contributed by atoms with Crippen LogP contribution in [0.25, 0.3) is 0 Å². The van der Waals surface area contributed by atoms with Crippen molar-refractivity contribution in [3.63, 3.8) is 0 Å². The highest BCUT2D eigenvalue weighted by Crippen LogP contribution is 2.18. The Labute approximate surface area is 116 Å². The number of aliphatic hydroxyl groups is 1. The maximum atomic E-state index is 12.0. The van der Waals surface area contributed by atoms with Crippen molar-refractivity contribution < 1.29 is 14.3 Å². The van der Waals surface area contributed by atoms with Gasteiger partial charge in [0.1, 0.15) is 6.61 Å². The topological polar surface area (TPSA) is 75.4 Å². The molecular formula is C15H14N2O3. The Morgan fingerprint density at radius 2 is 2.25 bits per heavy atom. The van der Waals surface area contributed by atoms with Crippen LogP contribution in [0.3, 0.4) is 0 Å². The molecule has 0 aliphatic carbocycles. The van der Waals surface area contributed by atoms with Gasteiger partial charge in [-0.25, -0.2) is 4.98 Å². The number of oxazole rings is 1. The molecule has 1 heterocycles. The molecule has 5 heteroatoms. The Hall–Kier alpha value is -2.58. The van der Waals surface area contributed by atoms with Crippen LogP contribution in [-0.2, 0) is 0 Å². The molecule has 20 heavy (non-hydrogen) atoms. The van der Waals surface area contributed by atoms with Crippen molar-refractivity contribution in [2.75, 3.05) is 11.9 Å². The second kappa shape index (κ2) is 6.04. The molecule has 0 fully saturated rings. The highest BCUT2D eigenvalue weighted by Gasteiger charge is 2.14. The van der Waals surface area contributed by atoms with Gasteiger partial charge in [0.15, 0.2) is 6.39 Å². The molecule has 0 bridgehead atoms. The monoisotopic (exact) mass is 270 g/mol. The van der Waals surface area contributed by atoms with Crippen molar-refractivity contribution in [1.82, 2.24) is 4.98 Å². The lowest BCUT2D eigenvalue weighted by molar-refractivity contribution is 0.0996. The first-order chi connectivity index (χ1) is 9.61. The Kier molecular flexibility index (Phi) is 4.18. The van der Waals surface area contributed by atoms with Crippen molar-refractivity contribution >= 4 is 11.6 Å². The van der Waals surface area contributed by atoms with E-state index in [1.165, 1.54) is 6.39 Å². The first-order valence-corrected chi connectivity index (χ1v) is 6.03. The molecule has 2 rings (SSSR count). The fourth-order valence-electron chi connectivity index (χ4n) is 1.72. The molecule has 1 aromatic carbocycles. The lowest BCUT2D eigenvalue weighted by Crippen LogP contribution is -2.13. The third kappa shape index (κ3) is 3.05. The molecule has 0 atom stereocenters. The number of carbonyl (C=O) groups is 1. The number of aryl methyl sites for hydroxylation is 2. The average Bonchev–Trinajstić information content (AvgIpc) is 2.85. The van der Waals surface area contributed by atoms with Crippen LogP contribution in [0.15, 0.2) is 29.0 Å². The average molecular weight is 270 g/mol. The largest absolute Gasteiger partial charge is 0.438 e. The molecule has 2 N–H and O–H groups in total. The van der Waals surface area contributed by atoms with Crippen LogP contribution in [0.5, 0.6) is 0 Å². The van der Waals surface area contributed by atoms with Crippen LogP contribution >= 0.6 is 0 Å². The number of hydrogen-bond donors (Lipinski definition) is 2. The normalized spacial score (nSPS) is 9.75. The Balaban J connectivity index is 2.18. The summed E-state index contributed by atoms with van der Waals surface area (Å²) in [5.74, 6) is 5.25. The van der Waals surface area contributed by atoms with E-state index < -0.39 is 0 Å². The second-order valence-electron chi connectivity index (χ2n) is 4.21. The molecule has 2 aromatic rings. The number of aliphatic hydroxyl groups excluding tert-OH is 1. The van der Waals surface area contributed by atoms with Gasteiger partial charge in [0.05, 0.1) is 5.69 Å². The van der Waals surface area contributed by atoms with Gasteiger partial charge in [-0.3, -0.25) is 4.79 Å². The van der Waals surface area contributed by atoms with Crippen LogP contribution in [0.4, 0.5) is 5.69 Å². The molecule has 0 radical (unpaired) electrons. The van der Waals surface area contributed by atoms with Crippen molar-refractivity contribution in [3.8, 4) is 11.8 Å². The van der Waals surface area contributed by atoms with E-state index in [9.17, 15) is 4.79 Å². The van der Waals surface area contributed by atoms with Crippen molar-refractivity contribution in [2.45, 2.75) is 13.8 Å². The number of benzene rings is 1. The SMILES string of the molecule is Cc1cc(C#CCO)ccc1NC(=O)c1ocnc1C. The highest BCUT2D eigenvalue weighted by atomic mass is 16.3. The molecule has 0 saturated heterocycles. The molecule has 0 unspecified atom stereocenters. The molecule has 0 aliphatic rings. The van der Waals surface area contributed by atoms with E-state index in [1.807, 2.05) is 13.0 Å². The molecule has 0 aliphatic heterocycles. The number of anilines is 1. The Bertz CT molecular complexity index is 693. The van der Waals surface area contributed by atoms with Gasteiger partial charge in [0.2, 0.25) is 5.76 Å². The predicted octanol–water partition coefficient (Wildman–Crippen LogP) is 1.89. The summed E-state index contributed by atoms with van der Waals surface area (Å²) in [4.78, 5) is 15.9. The zero-order valence-electron chi connectivity index (χ0n) is 11.2. The lowest BCUT2D eigenvalue weighted by Gasteiger charge is -2.07. The first-order valence-electron chi connectivity index (χ1n) is 6.03. The van der Waals surface area contributed by atoms with E-state index in [-0.39, 0.29) is 18.3 Å². The fraction of sp³-hybridized carbons (Fsp3) is 0.200. The maximum absolute atomic E-state index is 12.0. The standard InChI is InChI=1S/C15H14N2O3/c1-10-8-12(4-3-7-18)5-6-13(10)17-15(19)14-11(2)16-9-20-14/h5-6,8-9,18H,7H2,1-2H3,(H,17,19). The summed E-state index contributed by atoms with van der Waals surface area (Å²) in [6.45, 7) is 3.40. The summed E-state index contributed by atoms with van der Waals surface area (Å²) in [7, 11) is 0. The van der Waals surface area contributed by atoms with Gasteiger partial charge in [-0.05, 0) is 37.6 Å². The Morgan fingerprint density at radius 3 is 2.85 bits per heavy atom. The van der Waals surface area contributed by atoms with E-state index >= 15 is 0 Å². The van der Waals surface area contributed by atoms with E-state index in [2.05, 4.69) is 22.1 Å². The number of nitrogens with zero attached hydrogens (tertiary/aromatic N) is 1. The van der Waals surface area contributed by atoms with Gasteiger partial charge in [-0.2, -0.15) is 0 Å². The number of nitrogens with one attached hydrogen (secondary N) is 1. The van der Waals surface area contributed by atoms with Crippen molar-refractivity contribution in [1.29, 1.82) is 0 Å². The molecule has 0 spiro atoms. The summed E-state index contributed by atoms with van der Waals surface area (Å²) in [6, 6.07) is 5.38. The van der Waals surface area contributed by atoms with Gasteiger partial charge >= 0.3 is 0 Å². The summed E-state index contributed by atoms with van der Waals surface area (Å²) < 4.78 is 5.04. The first kappa shape index (κ1) is 13.8. The Morgan fingerprint density at radius 1 is 1.45 bits per heavy atom. The molecule has 1 amide bonds. The van der Waals surface area contributed by atoms with Crippen LogP contribution in [0.2, 0.25) is 0 Å². The van der Waals surface area contributed by atoms with Crippen LogP contribution in [0, 0.1) is 25.7 Å². The molecule has 0 saturated carbocycles. The number of rotatable bonds is 2. The summed E-state index contributed by atoms with van der Waals surface area (Å²) in [5.41, 5.74) is 2.89. The number of aromatic nitrogens is 1. The second-order valence-corrected chi connectivity index (χ2v) is 4.21. The van der Waals surface area contributed by atoms with Gasteiger partial charge in [-0.15, -0.1) is 0 Å². The van der Waals surface area contributed by atoms with E-state index in [4.69, 9.17) is 9.52 Å². The van der Waals surface area contributed by atoms with Crippen molar-refractivity contribution in [2.24, 2.45) is 0 Å². The van der Waals surface area contributed by atoms with Gasteiger partial charge in [0, 0.05) is 11.3 Å². The third-order valence-corrected chi connectivity index (χ3v) is 2.74. The number of hydrogen-bond acceptors (Lipinski definition) is 4.